The average Bonchev–Trinajstić information content (AvgIpc) is 3.37. The van der Waals surface area contributed by atoms with Gasteiger partial charge in [-0.2, -0.15) is 0 Å². The van der Waals surface area contributed by atoms with Crippen molar-refractivity contribution in [2.75, 3.05) is 30.3 Å². The lowest BCUT2D eigenvalue weighted by molar-refractivity contribution is -0.850. The van der Waals surface area contributed by atoms with Gasteiger partial charge in [0.1, 0.15) is 11.7 Å². The number of rotatable bonds is 17. The van der Waals surface area contributed by atoms with E-state index in [-0.39, 0.29) is 28.5 Å². The normalized spacial score (nSPS) is 20.7. The van der Waals surface area contributed by atoms with Crippen LogP contribution in [0.1, 0.15) is 97.6 Å². The van der Waals surface area contributed by atoms with Crippen molar-refractivity contribution < 1.29 is 22.7 Å². The lowest BCUT2D eigenvalue weighted by Gasteiger charge is -2.27. The van der Waals surface area contributed by atoms with Crippen LogP contribution >= 0.6 is 0 Å². The molecule has 2 aromatic carbocycles. The molecule has 0 spiro atoms. The van der Waals surface area contributed by atoms with Gasteiger partial charge in [0.2, 0.25) is 5.91 Å². The van der Waals surface area contributed by atoms with E-state index in [0.29, 0.717) is 25.3 Å². The van der Waals surface area contributed by atoms with Crippen molar-refractivity contribution in [2.45, 2.75) is 103 Å². The number of nitrogens with one attached hydrogen (secondary N) is 2. The number of fused-ring (bicyclic) bond motifs is 2. The fraction of sp³-hybridized carbons (Fsp3) is 0.525. The van der Waals surface area contributed by atoms with E-state index in [0.717, 1.165) is 45.2 Å². The van der Waals surface area contributed by atoms with Gasteiger partial charge in [-0.3, -0.25) is 9.69 Å². The number of hydrogen-bond acceptors (Lipinski definition) is 5. The van der Waals surface area contributed by atoms with E-state index in [1.54, 1.807) is 0 Å². The number of quaternary nitrogens is 1. The van der Waals surface area contributed by atoms with Crippen molar-refractivity contribution in [1.82, 2.24) is 5.32 Å². The van der Waals surface area contributed by atoms with Gasteiger partial charge in [-0.15, -0.1) is 0 Å². The van der Waals surface area contributed by atoms with Crippen molar-refractivity contribution in [3.63, 3.8) is 0 Å². The molecule has 0 fully saturated rings. The maximum atomic E-state index is 12.3. The van der Waals surface area contributed by atoms with E-state index in [4.69, 9.17) is 0 Å². The molecule has 1 amide bonds. The Balaban J connectivity index is 1.41. The Labute approximate surface area is 289 Å². The number of unbranched alkanes of at least 4 members (excludes halogenated alkanes) is 2. The van der Waals surface area contributed by atoms with Crippen LogP contribution in [0, 0.1) is 5.92 Å². The maximum Gasteiger partial charge on any atom is 0.219 e. The molecule has 0 saturated carbocycles. The zero-order valence-electron chi connectivity index (χ0n) is 29.9. The van der Waals surface area contributed by atoms with Crippen molar-refractivity contribution >= 4 is 27.4 Å². The Kier molecular flexibility index (Phi) is 12.9. The number of allylic oxidation sites excluding steroid dienone is 5. The number of amides is 1. The van der Waals surface area contributed by atoms with Crippen LogP contribution in [0.25, 0.3) is 0 Å². The second-order valence-corrected chi connectivity index (χ2v) is 16.5. The van der Waals surface area contributed by atoms with Crippen LogP contribution in [0.3, 0.4) is 0 Å². The first-order valence-corrected chi connectivity index (χ1v) is 19.4. The van der Waals surface area contributed by atoms with Crippen LogP contribution in [0.5, 0.6) is 0 Å². The number of para-hydroxylation sites is 2. The molecule has 0 aliphatic carbocycles. The van der Waals surface area contributed by atoms with Crippen LogP contribution in [0.15, 0.2) is 84.6 Å². The van der Waals surface area contributed by atoms with Gasteiger partial charge in [-0.05, 0) is 75.3 Å². The largest absolute Gasteiger partial charge is 0.748 e. The molecule has 0 aromatic heterocycles. The van der Waals surface area contributed by atoms with Gasteiger partial charge < -0.3 is 14.8 Å². The molecule has 0 bridgehead atoms. The monoisotopic (exact) mass is 675 g/mol. The topological polar surface area (TPSA) is 94.0 Å². The zero-order chi connectivity index (χ0) is 35.0. The fourth-order valence-electron chi connectivity index (χ4n) is 7.51. The minimum Gasteiger partial charge on any atom is -0.748 e. The first-order chi connectivity index (χ1) is 22.7. The molecule has 0 saturated heterocycles. The number of anilines is 1. The Hall–Kier alpha value is -3.20. The van der Waals surface area contributed by atoms with Crippen LogP contribution < -0.4 is 15.1 Å². The predicted molar refractivity (Wildman–Crippen MR) is 197 cm³/mol. The highest BCUT2D eigenvalue weighted by Gasteiger charge is 2.47. The average molecular weight is 676 g/mol. The summed E-state index contributed by atoms with van der Waals surface area (Å²) in [4.78, 5) is 15.9. The molecule has 2 aromatic rings. The molecular weight excluding hydrogens is 619 g/mol. The number of hydrogen-bond donors (Lipinski definition) is 2. The molecule has 2 aliphatic heterocycles. The minimum absolute atomic E-state index is 0.104. The fourth-order valence-corrected chi connectivity index (χ4v) is 8.01. The van der Waals surface area contributed by atoms with Gasteiger partial charge >= 0.3 is 0 Å². The number of nitrogens with zero attached hydrogens (tertiary/aromatic N) is 1. The second-order valence-electron chi connectivity index (χ2n) is 14.9. The van der Waals surface area contributed by atoms with Crippen LogP contribution in [0.2, 0.25) is 0 Å². The molecule has 2 N–H and O–H groups in total. The highest BCUT2D eigenvalue weighted by atomic mass is 32.2. The van der Waals surface area contributed by atoms with Crippen LogP contribution in [-0.4, -0.2) is 50.3 Å². The summed E-state index contributed by atoms with van der Waals surface area (Å²) in [6, 6.07) is 17.1. The number of carbonyl (C=O) groups is 1. The molecular formula is C40H57N3O4S. The van der Waals surface area contributed by atoms with Gasteiger partial charge in [0.25, 0.3) is 0 Å². The number of benzene rings is 2. The smallest absolute Gasteiger partial charge is 0.219 e. The minimum atomic E-state index is -4.24. The highest BCUT2D eigenvalue weighted by molar-refractivity contribution is 7.85. The van der Waals surface area contributed by atoms with Crippen LogP contribution in [-0.2, 0) is 25.7 Å². The molecule has 0 radical (unpaired) electrons. The summed E-state index contributed by atoms with van der Waals surface area (Å²) in [5.74, 6) is 0.488. The van der Waals surface area contributed by atoms with Gasteiger partial charge in [0, 0.05) is 54.0 Å². The van der Waals surface area contributed by atoms with Crippen molar-refractivity contribution in [1.29, 1.82) is 0 Å². The summed E-state index contributed by atoms with van der Waals surface area (Å²) < 4.78 is 33.9. The molecule has 4 rings (SSSR count). The third-order valence-electron chi connectivity index (χ3n) is 10.1. The maximum absolute atomic E-state index is 12.3. The van der Waals surface area contributed by atoms with E-state index in [2.05, 4.69) is 125 Å². The zero-order valence-corrected chi connectivity index (χ0v) is 30.7. The lowest BCUT2D eigenvalue weighted by Crippen LogP contribution is -3.10. The summed E-state index contributed by atoms with van der Waals surface area (Å²) in [5, 5.41) is 3.07. The molecule has 2 atom stereocenters. The van der Waals surface area contributed by atoms with Crippen molar-refractivity contribution in [2.24, 2.45) is 5.92 Å². The molecule has 262 valence electrons. The quantitative estimate of drug-likeness (QED) is 0.111. The van der Waals surface area contributed by atoms with Gasteiger partial charge in [0.05, 0.1) is 22.1 Å². The van der Waals surface area contributed by atoms with Crippen LogP contribution in [0.4, 0.5) is 11.4 Å². The molecule has 2 aliphatic rings. The summed E-state index contributed by atoms with van der Waals surface area (Å²) in [6.45, 7) is 15.7. The van der Waals surface area contributed by atoms with Gasteiger partial charge in [0.15, 0.2) is 0 Å². The van der Waals surface area contributed by atoms with Gasteiger partial charge in [-0.25, -0.2) is 8.42 Å². The third-order valence-corrected chi connectivity index (χ3v) is 10.9. The predicted octanol–water partition coefficient (Wildman–Crippen LogP) is 6.71. The standard InChI is InChI=1S/C40H57N3O4S/c1-31(2)19-17-27-41-38(44)26-11-8-16-28-42-34-22-14-12-20-32(34)39(3,4)36(42)24-9-7-10-25-37-40(5,6)33-21-13-15-23-35(33)43(37)29-18-30-48(45,46)47/h7,9-10,12-15,20-25,31,37H,8,11,16-19,26-30H2,1-6H3,(H,41,44)(H,45,46,47)/b9-7+,25-10+,36-24+. The summed E-state index contributed by atoms with van der Waals surface area (Å²) in [5.41, 5.74) is 5.99. The van der Waals surface area contributed by atoms with Crippen molar-refractivity contribution in [3.8, 4) is 0 Å². The Morgan fingerprint density at radius 1 is 0.938 bits per heavy atom. The SMILES string of the molecule is CC(C)CCCNC(=O)CCCCCN1/C(=C/C=C/C=C/C2[NH+](CCCS(=O)(=O)[O-])c3ccccc3C2(C)C)C(C)(C)c2ccccc21. The Morgan fingerprint density at radius 3 is 2.38 bits per heavy atom. The van der Waals surface area contributed by atoms with E-state index < -0.39 is 10.1 Å². The second kappa shape index (κ2) is 16.5. The molecule has 2 unspecified atom stereocenters. The lowest BCUT2D eigenvalue weighted by atomic mass is 9.80. The third kappa shape index (κ3) is 9.48. The Morgan fingerprint density at radius 2 is 1.65 bits per heavy atom. The van der Waals surface area contributed by atoms with Gasteiger partial charge in [-0.1, -0.05) is 88.7 Å². The summed E-state index contributed by atoms with van der Waals surface area (Å²) in [6.07, 6.45) is 16.8. The van der Waals surface area contributed by atoms with E-state index in [9.17, 15) is 17.8 Å². The molecule has 7 nitrogen and oxygen atoms in total. The molecule has 48 heavy (non-hydrogen) atoms. The van der Waals surface area contributed by atoms with E-state index in [1.807, 2.05) is 6.07 Å². The number of carbonyl (C=O) groups excluding carboxylic acids is 1. The molecule has 2 heterocycles. The van der Waals surface area contributed by atoms with Crippen molar-refractivity contribution in [3.05, 3.63) is 95.7 Å². The van der Waals surface area contributed by atoms with E-state index >= 15 is 0 Å². The Bertz CT molecular complexity index is 1590. The first-order valence-electron chi connectivity index (χ1n) is 17.8. The summed E-state index contributed by atoms with van der Waals surface area (Å²) in [7, 11) is -4.24. The summed E-state index contributed by atoms with van der Waals surface area (Å²) >= 11 is 0. The first kappa shape index (κ1) is 37.6. The van der Waals surface area contributed by atoms with E-state index in [1.165, 1.54) is 33.1 Å². The highest BCUT2D eigenvalue weighted by Crippen LogP contribution is 2.47. The molecule has 8 heteroatoms.